The molecule has 0 radical (unpaired) electrons. The van der Waals surface area contributed by atoms with Gasteiger partial charge >= 0.3 is 0 Å². The Balaban J connectivity index is 2.12. The van der Waals surface area contributed by atoms with Crippen LogP contribution < -0.4 is 4.74 Å². The van der Waals surface area contributed by atoms with Crippen LogP contribution in [0.2, 0.25) is 0 Å². The number of hydrogen-bond donors (Lipinski definition) is 0. The Morgan fingerprint density at radius 2 is 1.85 bits per heavy atom. The van der Waals surface area contributed by atoms with E-state index in [9.17, 15) is 4.39 Å². The number of rotatable bonds is 6. The van der Waals surface area contributed by atoms with Crippen LogP contribution in [0.1, 0.15) is 30.9 Å². The first kappa shape index (κ1) is 15.0. The van der Waals surface area contributed by atoms with Crippen molar-refractivity contribution in [1.82, 2.24) is 0 Å². The summed E-state index contributed by atoms with van der Waals surface area (Å²) in [6.07, 6.45) is 3.47. The van der Waals surface area contributed by atoms with Crippen molar-refractivity contribution in [3.05, 3.63) is 59.4 Å². The Morgan fingerprint density at radius 3 is 2.50 bits per heavy atom. The molecule has 0 bridgehead atoms. The van der Waals surface area contributed by atoms with E-state index in [1.165, 1.54) is 24.5 Å². The van der Waals surface area contributed by atoms with Gasteiger partial charge in [-0.15, -0.1) is 0 Å². The molecule has 0 heterocycles. The van der Waals surface area contributed by atoms with Gasteiger partial charge in [-0.2, -0.15) is 0 Å². The van der Waals surface area contributed by atoms with Crippen molar-refractivity contribution in [3.63, 3.8) is 0 Å². The molecule has 1 nitrogen and oxygen atoms in total. The maximum Gasteiger partial charge on any atom is 0.134 e. The zero-order chi connectivity index (χ0) is 14.4. The van der Waals surface area contributed by atoms with Gasteiger partial charge in [-0.25, -0.2) is 4.39 Å². The van der Waals surface area contributed by atoms with E-state index < -0.39 is 0 Å². The maximum absolute atomic E-state index is 13.6. The third-order valence-electron chi connectivity index (χ3n) is 3.18. The molecule has 0 fully saturated rings. The van der Waals surface area contributed by atoms with Crippen LogP contribution in [0.15, 0.2) is 42.5 Å². The average Bonchev–Trinajstić information content (AvgIpc) is 2.47. The highest BCUT2D eigenvalue weighted by molar-refractivity contribution is 9.08. The number of ether oxygens (including phenoxy) is 1. The predicted molar refractivity (Wildman–Crippen MR) is 84.2 cm³/mol. The Morgan fingerprint density at radius 1 is 1.10 bits per heavy atom. The lowest BCUT2D eigenvalue weighted by Gasteiger charge is -2.10. The number of hydrogen-bond acceptors (Lipinski definition) is 1. The summed E-state index contributed by atoms with van der Waals surface area (Å²) >= 11 is 3.29. The van der Waals surface area contributed by atoms with Crippen LogP contribution in [0.25, 0.3) is 0 Å². The molecule has 0 aliphatic rings. The minimum Gasteiger partial charge on any atom is -0.457 e. The van der Waals surface area contributed by atoms with Crippen LogP contribution in [-0.4, -0.2) is 0 Å². The van der Waals surface area contributed by atoms with E-state index in [1.54, 1.807) is 12.1 Å². The molecule has 2 aromatic carbocycles. The van der Waals surface area contributed by atoms with Gasteiger partial charge < -0.3 is 4.74 Å². The lowest BCUT2D eigenvalue weighted by molar-refractivity contribution is 0.470. The molecular formula is C17H18BrFO. The van der Waals surface area contributed by atoms with Crippen LogP contribution in [0.3, 0.4) is 0 Å². The van der Waals surface area contributed by atoms with Crippen LogP contribution in [0, 0.1) is 5.82 Å². The summed E-state index contributed by atoms with van der Waals surface area (Å²) in [4.78, 5) is 0. The molecule has 0 saturated carbocycles. The van der Waals surface area contributed by atoms with E-state index >= 15 is 0 Å². The molecule has 0 amide bonds. The van der Waals surface area contributed by atoms with E-state index in [0.29, 0.717) is 16.6 Å². The third kappa shape index (κ3) is 3.83. The zero-order valence-corrected chi connectivity index (χ0v) is 13.1. The van der Waals surface area contributed by atoms with E-state index in [1.807, 2.05) is 12.1 Å². The predicted octanol–water partition coefficient (Wildman–Crippen LogP) is 5.86. The van der Waals surface area contributed by atoms with Crippen LogP contribution in [-0.2, 0) is 11.8 Å². The Bertz CT molecular complexity index is 551. The first-order valence-corrected chi connectivity index (χ1v) is 7.97. The summed E-state index contributed by atoms with van der Waals surface area (Å²) < 4.78 is 19.4. The third-order valence-corrected chi connectivity index (χ3v) is 3.74. The van der Waals surface area contributed by atoms with Crippen molar-refractivity contribution in [3.8, 4) is 11.5 Å². The molecule has 2 rings (SSSR count). The molecular weight excluding hydrogens is 319 g/mol. The first-order valence-electron chi connectivity index (χ1n) is 6.84. The molecule has 2 aromatic rings. The first-order chi connectivity index (χ1) is 9.74. The number of aryl methyl sites for hydroxylation is 1. The zero-order valence-electron chi connectivity index (χ0n) is 11.5. The molecule has 106 valence electrons. The topological polar surface area (TPSA) is 9.23 Å². The molecule has 0 saturated heterocycles. The Kier molecular flexibility index (Phi) is 5.60. The number of benzene rings is 2. The molecule has 20 heavy (non-hydrogen) atoms. The minimum atomic E-state index is -0.251. The number of alkyl halides is 1. The van der Waals surface area contributed by atoms with Crippen LogP contribution >= 0.6 is 15.9 Å². The highest BCUT2D eigenvalue weighted by Gasteiger charge is 2.09. The normalized spacial score (nSPS) is 10.6. The van der Waals surface area contributed by atoms with Gasteiger partial charge in [0.05, 0.1) is 0 Å². The second kappa shape index (κ2) is 7.44. The molecule has 0 atom stereocenters. The number of halogens is 2. The van der Waals surface area contributed by atoms with E-state index in [2.05, 4.69) is 35.0 Å². The van der Waals surface area contributed by atoms with Gasteiger partial charge in [-0.1, -0.05) is 47.5 Å². The van der Waals surface area contributed by atoms with Gasteiger partial charge in [0.15, 0.2) is 0 Å². The highest BCUT2D eigenvalue weighted by atomic mass is 79.9. The molecule has 0 unspecified atom stereocenters. The smallest absolute Gasteiger partial charge is 0.134 e. The fourth-order valence-corrected chi connectivity index (χ4v) is 2.54. The van der Waals surface area contributed by atoms with E-state index in [0.717, 1.165) is 12.2 Å². The van der Waals surface area contributed by atoms with Crippen molar-refractivity contribution >= 4 is 15.9 Å². The highest BCUT2D eigenvalue weighted by Crippen LogP contribution is 2.29. The van der Waals surface area contributed by atoms with Gasteiger partial charge in [0.25, 0.3) is 0 Å². The van der Waals surface area contributed by atoms with Gasteiger partial charge in [-0.05, 0) is 42.7 Å². The van der Waals surface area contributed by atoms with Crippen molar-refractivity contribution in [1.29, 1.82) is 0 Å². The number of unbranched alkanes of at least 4 members (excludes halogenated alkanes) is 1. The lowest BCUT2D eigenvalue weighted by Crippen LogP contribution is -1.93. The van der Waals surface area contributed by atoms with Crippen molar-refractivity contribution in [2.75, 3.05) is 0 Å². The van der Waals surface area contributed by atoms with E-state index in [-0.39, 0.29) is 5.82 Å². The summed E-state index contributed by atoms with van der Waals surface area (Å²) in [7, 11) is 0. The van der Waals surface area contributed by atoms with E-state index in [4.69, 9.17) is 4.74 Å². The molecule has 0 aliphatic carbocycles. The molecule has 0 aromatic heterocycles. The quantitative estimate of drug-likeness (QED) is 0.600. The largest absolute Gasteiger partial charge is 0.457 e. The fraction of sp³-hybridized carbons (Fsp3) is 0.294. The maximum atomic E-state index is 13.6. The molecule has 0 spiro atoms. The fourth-order valence-electron chi connectivity index (χ4n) is 2.00. The van der Waals surface area contributed by atoms with Crippen LogP contribution in [0.5, 0.6) is 11.5 Å². The van der Waals surface area contributed by atoms with Gasteiger partial charge in [0, 0.05) is 10.9 Å². The summed E-state index contributed by atoms with van der Waals surface area (Å²) in [5.74, 6) is 1.04. The summed E-state index contributed by atoms with van der Waals surface area (Å²) in [5.41, 5.74) is 1.85. The lowest BCUT2D eigenvalue weighted by atomic mass is 10.1. The second-order valence-corrected chi connectivity index (χ2v) is 5.26. The molecule has 0 aliphatic heterocycles. The minimum absolute atomic E-state index is 0.251. The Labute approximate surface area is 127 Å². The van der Waals surface area contributed by atoms with Gasteiger partial charge in [-0.3, -0.25) is 0 Å². The average molecular weight is 337 g/mol. The second-order valence-electron chi connectivity index (χ2n) is 4.70. The van der Waals surface area contributed by atoms with Gasteiger partial charge in [0.2, 0.25) is 0 Å². The molecule has 0 N–H and O–H groups in total. The van der Waals surface area contributed by atoms with Crippen molar-refractivity contribution in [2.45, 2.75) is 31.5 Å². The summed E-state index contributed by atoms with van der Waals surface area (Å²) in [5, 5.41) is 0.434. The standard InChI is InChI=1S/C17H18BrFO/c1-2-3-5-13-8-10-14(11-9-13)20-17-7-4-6-16(19)15(17)12-18/h4,6-11H,2-3,5,12H2,1H3. The van der Waals surface area contributed by atoms with Crippen LogP contribution in [0.4, 0.5) is 4.39 Å². The van der Waals surface area contributed by atoms with Gasteiger partial charge in [0.1, 0.15) is 17.3 Å². The summed E-state index contributed by atoms with van der Waals surface area (Å²) in [6, 6.07) is 12.9. The summed E-state index contributed by atoms with van der Waals surface area (Å²) in [6.45, 7) is 2.18. The monoisotopic (exact) mass is 336 g/mol. The van der Waals surface area contributed by atoms with Crippen molar-refractivity contribution in [2.24, 2.45) is 0 Å². The SMILES string of the molecule is CCCCc1ccc(Oc2cccc(F)c2CBr)cc1. The Hall–Kier alpha value is -1.35. The van der Waals surface area contributed by atoms with Crippen molar-refractivity contribution < 1.29 is 9.13 Å². The molecule has 3 heteroatoms.